The Balaban J connectivity index is 1.21. The molecule has 0 radical (unpaired) electrons. The van der Waals surface area contributed by atoms with Gasteiger partial charge in [0.2, 0.25) is 5.88 Å². The minimum atomic E-state index is -1.08. The Bertz CT molecular complexity index is 2550. The standard InChI is InChI=1S/C51H69Cl2N7O23/c1-34-28-42(52)46(43(53)29-34)75-24-23-74-40-8-4-36(5-9-40)41-30-39-32-55(49(62)77-20-14-71-17-25-81-58(65)66)33-44(57(39)50(63)78-21-15-72-18-26-82-59(67)68)45(41)48(61)56(38-6-7-38)31-37-10-11-54-47(35(37)2)76-12-3-13-79-51(64)80-22-16-73-19-27-83-60(69)70/h4-5,8-11,28-29,38-39,44,65-70H,3,6-7,12-27,30-33H2,1-2H3. The van der Waals surface area contributed by atoms with Gasteiger partial charge in [-0.15, -0.1) is 0 Å². The Kier molecular flexibility index (Phi) is 27.6. The molecule has 1 saturated carbocycles. The molecule has 3 aromatic rings. The van der Waals surface area contributed by atoms with Gasteiger partial charge in [-0.3, -0.25) is 40.9 Å². The maximum Gasteiger partial charge on any atom is 0.508 e. The van der Waals surface area contributed by atoms with E-state index in [0.29, 0.717) is 56.6 Å². The third-order valence-corrected chi connectivity index (χ3v) is 13.1. The number of hydrogen-bond donors (Lipinski definition) is 6. The van der Waals surface area contributed by atoms with Crippen molar-refractivity contribution in [2.24, 2.45) is 0 Å². The van der Waals surface area contributed by atoms with Crippen molar-refractivity contribution >= 4 is 53.0 Å². The molecule has 0 spiro atoms. The first-order chi connectivity index (χ1) is 40.0. The lowest BCUT2D eigenvalue weighted by atomic mass is 9.81. The number of benzene rings is 2. The summed E-state index contributed by atoms with van der Waals surface area (Å²) in [6.07, 6.45) is 0.832. The van der Waals surface area contributed by atoms with Gasteiger partial charge in [0.25, 0.3) is 5.91 Å². The van der Waals surface area contributed by atoms with E-state index in [4.69, 9.17) is 102 Å². The largest absolute Gasteiger partial charge is 0.508 e. The van der Waals surface area contributed by atoms with E-state index in [-0.39, 0.29) is 156 Å². The molecule has 460 valence electrons. The molecule has 2 aromatic carbocycles. The highest BCUT2D eigenvalue weighted by molar-refractivity contribution is 6.37. The van der Waals surface area contributed by atoms with Crippen LogP contribution in [0.15, 0.2) is 54.2 Å². The van der Waals surface area contributed by atoms with E-state index in [1.54, 1.807) is 48.4 Å². The van der Waals surface area contributed by atoms with E-state index in [2.05, 4.69) is 19.5 Å². The molecule has 3 amide bonds. The van der Waals surface area contributed by atoms with E-state index in [9.17, 15) is 14.4 Å². The van der Waals surface area contributed by atoms with Crippen LogP contribution in [-0.4, -0.2) is 228 Å². The normalized spacial score (nSPS) is 15.9. The van der Waals surface area contributed by atoms with E-state index in [0.717, 1.165) is 5.56 Å². The maximum absolute atomic E-state index is 15.8. The van der Waals surface area contributed by atoms with Crippen LogP contribution >= 0.6 is 23.2 Å². The molecule has 2 unspecified atom stereocenters. The Morgan fingerprint density at radius 2 is 1.18 bits per heavy atom. The monoisotopic (exact) mass is 1220 g/mol. The first-order valence-electron chi connectivity index (χ1n) is 26.3. The Morgan fingerprint density at radius 3 is 1.77 bits per heavy atom. The maximum atomic E-state index is 15.8. The van der Waals surface area contributed by atoms with Crippen molar-refractivity contribution in [1.82, 2.24) is 35.9 Å². The van der Waals surface area contributed by atoms with Gasteiger partial charge in [-0.05, 0) is 85.7 Å². The van der Waals surface area contributed by atoms with Gasteiger partial charge in [0.1, 0.15) is 38.8 Å². The van der Waals surface area contributed by atoms with Gasteiger partial charge in [-0.1, -0.05) is 35.3 Å². The summed E-state index contributed by atoms with van der Waals surface area (Å²) in [4.78, 5) is 78.5. The fraction of sp³-hybridized carbons (Fsp3) is 0.549. The lowest BCUT2D eigenvalue weighted by Gasteiger charge is -2.50. The first-order valence-corrected chi connectivity index (χ1v) is 27.0. The lowest BCUT2D eigenvalue weighted by Crippen LogP contribution is -2.65. The molecule has 30 nitrogen and oxygen atoms in total. The SMILES string of the molecule is Cc1cc(Cl)c(OCCOc2ccc(C3=C(C(=O)N(Cc4ccnc(OCCCOC(=O)OCCOCCON(O)O)c4C)C4CC4)C4CN(C(=O)OCCOCCON(O)O)CC(C3)N4C(=O)OCCOCCON(O)O)cc2)c(Cl)c1. The van der Waals surface area contributed by atoms with Crippen molar-refractivity contribution in [3.05, 3.63) is 86.5 Å². The molecule has 2 bridgehead atoms. The molecule has 83 heavy (non-hydrogen) atoms. The summed E-state index contributed by atoms with van der Waals surface area (Å²) in [6.45, 7) is 2.52. The van der Waals surface area contributed by atoms with Gasteiger partial charge in [0.15, 0.2) is 5.75 Å². The van der Waals surface area contributed by atoms with Crippen molar-refractivity contribution < 1.29 is 112 Å². The second-order valence-electron chi connectivity index (χ2n) is 18.4. The summed E-state index contributed by atoms with van der Waals surface area (Å²) < 4.78 is 55.3. The summed E-state index contributed by atoms with van der Waals surface area (Å²) in [5, 5.41) is 51.6. The van der Waals surface area contributed by atoms with E-state index in [1.165, 1.54) is 9.80 Å². The van der Waals surface area contributed by atoms with Crippen molar-refractivity contribution in [3.63, 3.8) is 0 Å². The van der Waals surface area contributed by atoms with Crippen LogP contribution in [0, 0.1) is 13.8 Å². The number of halogens is 2. The molecular formula is C51H69Cl2N7O23. The third-order valence-electron chi connectivity index (χ3n) is 12.6. The van der Waals surface area contributed by atoms with E-state index >= 15 is 4.79 Å². The topological polar surface area (TPSA) is 342 Å². The van der Waals surface area contributed by atoms with Crippen LogP contribution in [0.1, 0.15) is 47.9 Å². The number of pyridine rings is 1. The van der Waals surface area contributed by atoms with Crippen molar-refractivity contribution in [2.45, 2.75) is 64.2 Å². The fourth-order valence-electron chi connectivity index (χ4n) is 8.71. The second kappa shape index (κ2) is 34.7. The zero-order valence-corrected chi connectivity index (χ0v) is 47.1. The number of aromatic nitrogens is 1. The zero-order valence-electron chi connectivity index (χ0n) is 45.6. The number of carbonyl (C=O) groups excluding carboxylic acids is 4. The van der Waals surface area contributed by atoms with Crippen LogP contribution in [0.2, 0.25) is 10.0 Å². The highest BCUT2D eigenvalue weighted by Crippen LogP contribution is 2.42. The molecule has 6 rings (SSSR count). The van der Waals surface area contributed by atoms with Gasteiger partial charge >= 0.3 is 18.3 Å². The number of fused-ring (bicyclic) bond motifs is 2. The van der Waals surface area contributed by atoms with E-state index in [1.807, 2.05) is 19.1 Å². The molecule has 3 heterocycles. The molecule has 1 aromatic heterocycles. The van der Waals surface area contributed by atoms with Crippen molar-refractivity contribution in [2.75, 3.05) is 119 Å². The minimum Gasteiger partial charge on any atom is -0.490 e. The average molecular weight is 1220 g/mol. The third kappa shape index (κ3) is 21.8. The highest BCUT2D eigenvalue weighted by Gasteiger charge is 2.50. The Morgan fingerprint density at radius 1 is 0.627 bits per heavy atom. The molecule has 2 aliphatic heterocycles. The van der Waals surface area contributed by atoms with Crippen LogP contribution in [-0.2, 0) is 59.0 Å². The quantitative estimate of drug-likeness (QED) is 0.0182. The number of amides is 3. The molecule has 1 aliphatic carbocycles. The van der Waals surface area contributed by atoms with Gasteiger partial charge < -0.3 is 57.2 Å². The van der Waals surface area contributed by atoms with Crippen LogP contribution in [0.4, 0.5) is 14.4 Å². The second-order valence-corrected chi connectivity index (χ2v) is 19.2. The lowest BCUT2D eigenvalue weighted by molar-refractivity contribution is -0.493. The number of hydrogen-bond acceptors (Lipinski definition) is 27. The van der Waals surface area contributed by atoms with Gasteiger partial charge in [-0.2, -0.15) is 0 Å². The van der Waals surface area contributed by atoms with Crippen LogP contribution in [0.3, 0.4) is 0 Å². The molecular weight excluding hydrogens is 1150 g/mol. The Hall–Kier alpha value is -6.01. The summed E-state index contributed by atoms with van der Waals surface area (Å²) in [5.41, 5.74) is 3.73. The summed E-state index contributed by atoms with van der Waals surface area (Å²) in [6, 6.07) is 10.4. The minimum absolute atomic E-state index is 0.0102. The number of aryl methyl sites for hydroxylation is 1. The molecule has 1 saturated heterocycles. The predicted octanol–water partition coefficient (Wildman–Crippen LogP) is 5.45. The van der Waals surface area contributed by atoms with Gasteiger partial charge in [-0.25, -0.2) is 33.9 Å². The zero-order chi connectivity index (χ0) is 59.7. The Labute approximate surface area is 486 Å². The molecule has 2 atom stereocenters. The number of rotatable bonds is 36. The summed E-state index contributed by atoms with van der Waals surface area (Å²) >= 11 is 12.8. The average Bonchev–Trinajstić information content (AvgIpc) is 2.27. The summed E-state index contributed by atoms with van der Waals surface area (Å²) in [7, 11) is 0. The number of ether oxygens (including phenoxy) is 10. The predicted molar refractivity (Wildman–Crippen MR) is 280 cm³/mol. The highest BCUT2D eigenvalue weighted by atomic mass is 35.5. The van der Waals surface area contributed by atoms with Gasteiger partial charge in [0.05, 0.1) is 111 Å². The van der Waals surface area contributed by atoms with E-state index < -0.39 is 52.5 Å². The van der Waals surface area contributed by atoms with Crippen LogP contribution in [0.25, 0.3) is 5.57 Å². The van der Waals surface area contributed by atoms with Crippen molar-refractivity contribution in [1.29, 1.82) is 0 Å². The number of piperazine rings is 1. The first kappa shape index (κ1) is 66.1. The number of carbonyl (C=O) groups is 4. The molecule has 2 fully saturated rings. The van der Waals surface area contributed by atoms with Crippen molar-refractivity contribution in [3.8, 4) is 17.4 Å². The smallest absolute Gasteiger partial charge is 0.490 e. The number of nitrogens with zero attached hydrogens (tertiary/aromatic N) is 7. The summed E-state index contributed by atoms with van der Waals surface area (Å²) in [5.74, 6) is 0.707. The van der Waals surface area contributed by atoms with Crippen LogP contribution in [0.5, 0.6) is 17.4 Å². The molecule has 6 N–H and O–H groups in total. The van der Waals surface area contributed by atoms with Crippen LogP contribution < -0.4 is 14.2 Å². The molecule has 32 heteroatoms. The molecule has 3 aliphatic rings. The fourth-order valence-corrected chi connectivity index (χ4v) is 9.42. The van der Waals surface area contributed by atoms with Gasteiger partial charge in [0, 0.05) is 49.4 Å².